The molecule has 0 aromatic rings. The van der Waals surface area contributed by atoms with E-state index in [2.05, 4.69) is 5.32 Å². The summed E-state index contributed by atoms with van der Waals surface area (Å²) in [6.45, 7) is -0.168. The van der Waals surface area contributed by atoms with Gasteiger partial charge in [-0.05, 0) is 0 Å². The number of nitrogens with one attached hydrogen (secondary N) is 1. The van der Waals surface area contributed by atoms with Gasteiger partial charge >= 0.3 is 0 Å². The molecule has 1 aliphatic heterocycles. The van der Waals surface area contributed by atoms with Crippen molar-refractivity contribution >= 4 is 0 Å². The van der Waals surface area contributed by atoms with Crippen LogP contribution in [0.1, 0.15) is 0 Å². The van der Waals surface area contributed by atoms with Gasteiger partial charge in [-0.3, -0.25) is 0 Å². The maximum atomic E-state index is 9.39. The number of aliphatic hydroxyl groups excluding tert-OH is 4. The van der Waals surface area contributed by atoms with Crippen molar-refractivity contribution in [1.82, 2.24) is 5.32 Å². The number of aliphatic hydroxyl groups is 4. The zero-order valence-electron chi connectivity index (χ0n) is 6.46. The molecular formula is C7H13NO4. The van der Waals surface area contributed by atoms with Crippen LogP contribution in [0.3, 0.4) is 0 Å². The number of hydrogen-bond acceptors (Lipinski definition) is 5. The van der Waals surface area contributed by atoms with Gasteiger partial charge in [0.25, 0.3) is 0 Å². The highest BCUT2D eigenvalue weighted by Gasteiger charge is 2.57. The van der Waals surface area contributed by atoms with E-state index < -0.39 is 18.3 Å². The molecule has 1 aliphatic carbocycles. The molecular weight excluding hydrogens is 162 g/mol. The second kappa shape index (κ2) is 2.65. The molecule has 1 heterocycles. The molecule has 2 fully saturated rings. The fraction of sp³-hybridized carbons (Fsp3) is 1.00. The Labute approximate surface area is 69.6 Å². The number of fused-ring (bicyclic) bond motifs is 1. The average Bonchev–Trinajstić information content (AvgIpc) is 2.81. The molecule has 12 heavy (non-hydrogen) atoms. The van der Waals surface area contributed by atoms with Gasteiger partial charge in [-0.1, -0.05) is 0 Å². The van der Waals surface area contributed by atoms with Gasteiger partial charge in [0, 0.05) is 12.0 Å². The predicted molar refractivity (Wildman–Crippen MR) is 39.3 cm³/mol. The smallest absolute Gasteiger partial charge is 0.108 e. The van der Waals surface area contributed by atoms with Crippen LogP contribution in [0.2, 0.25) is 0 Å². The van der Waals surface area contributed by atoms with E-state index in [1.54, 1.807) is 0 Å². The van der Waals surface area contributed by atoms with Crippen LogP contribution >= 0.6 is 0 Å². The van der Waals surface area contributed by atoms with Crippen LogP contribution in [0.4, 0.5) is 0 Å². The third kappa shape index (κ3) is 0.982. The van der Waals surface area contributed by atoms with Gasteiger partial charge in [0.15, 0.2) is 0 Å². The van der Waals surface area contributed by atoms with Crippen molar-refractivity contribution in [1.29, 1.82) is 0 Å². The second-order valence-corrected chi connectivity index (χ2v) is 3.54. The molecule has 70 valence electrons. The molecule has 1 saturated heterocycles. The van der Waals surface area contributed by atoms with Crippen molar-refractivity contribution < 1.29 is 20.4 Å². The summed E-state index contributed by atoms with van der Waals surface area (Å²) in [5.74, 6) is -0.353. The topological polar surface area (TPSA) is 103 Å². The summed E-state index contributed by atoms with van der Waals surface area (Å²) >= 11 is 0. The summed E-state index contributed by atoms with van der Waals surface area (Å²) in [4.78, 5) is 0. The highest BCUT2D eigenvalue weighted by Crippen LogP contribution is 2.34. The number of hydrogen-bond donors (Lipinski definition) is 5. The van der Waals surface area contributed by atoms with Crippen molar-refractivity contribution in [3.8, 4) is 0 Å². The maximum absolute atomic E-state index is 9.39. The van der Waals surface area contributed by atoms with Gasteiger partial charge in [0.05, 0.1) is 24.9 Å². The summed E-state index contributed by atoms with van der Waals surface area (Å²) in [6, 6.07) is -0.191. The van der Waals surface area contributed by atoms with Crippen molar-refractivity contribution in [2.24, 2.45) is 5.92 Å². The molecule has 0 amide bonds. The monoisotopic (exact) mass is 175 g/mol. The molecule has 0 radical (unpaired) electrons. The van der Waals surface area contributed by atoms with Crippen LogP contribution in [0.25, 0.3) is 0 Å². The van der Waals surface area contributed by atoms with Crippen molar-refractivity contribution in [2.45, 2.75) is 30.4 Å². The third-order valence-corrected chi connectivity index (χ3v) is 2.84. The lowest BCUT2D eigenvalue weighted by Crippen LogP contribution is -2.52. The van der Waals surface area contributed by atoms with Gasteiger partial charge in [-0.25, -0.2) is 0 Å². The minimum Gasteiger partial charge on any atom is -0.396 e. The van der Waals surface area contributed by atoms with Gasteiger partial charge < -0.3 is 25.7 Å². The van der Waals surface area contributed by atoms with E-state index in [-0.39, 0.29) is 24.6 Å². The van der Waals surface area contributed by atoms with E-state index in [0.29, 0.717) is 0 Å². The van der Waals surface area contributed by atoms with Crippen LogP contribution in [0.5, 0.6) is 0 Å². The van der Waals surface area contributed by atoms with Crippen molar-refractivity contribution in [3.63, 3.8) is 0 Å². The quantitative estimate of drug-likeness (QED) is 0.274. The largest absolute Gasteiger partial charge is 0.396 e. The summed E-state index contributed by atoms with van der Waals surface area (Å²) in [5, 5.41) is 39.8. The molecule has 5 nitrogen and oxygen atoms in total. The van der Waals surface area contributed by atoms with E-state index in [0.717, 1.165) is 0 Å². The maximum Gasteiger partial charge on any atom is 0.108 e. The Morgan fingerprint density at radius 1 is 0.917 bits per heavy atom. The first kappa shape index (κ1) is 8.40. The Bertz CT molecular complexity index is 188. The first-order valence-electron chi connectivity index (χ1n) is 4.08. The first-order valence-corrected chi connectivity index (χ1v) is 4.08. The van der Waals surface area contributed by atoms with E-state index in [9.17, 15) is 15.3 Å². The molecule has 5 N–H and O–H groups in total. The molecule has 0 spiro atoms. The molecule has 2 rings (SSSR count). The normalized spacial score (nSPS) is 58.0. The van der Waals surface area contributed by atoms with Crippen molar-refractivity contribution in [3.05, 3.63) is 0 Å². The first-order chi connectivity index (χ1) is 5.66. The lowest BCUT2D eigenvalue weighted by Gasteiger charge is -2.32. The van der Waals surface area contributed by atoms with Crippen LogP contribution in [0, 0.1) is 5.92 Å². The van der Waals surface area contributed by atoms with E-state index in [1.807, 2.05) is 0 Å². The third-order valence-electron chi connectivity index (χ3n) is 2.84. The molecule has 2 aliphatic rings. The Hall–Kier alpha value is -0.200. The average molecular weight is 175 g/mol. The van der Waals surface area contributed by atoms with E-state index in [1.165, 1.54) is 0 Å². The predicted octanol–water partition coefficient (Wildman–Crippen LogP) is -2.97. The van der Waals surface area contributed by atoms with Crippen LogP contribution < -0.4 is 5.32 Å². The summed E-state index contributed by atoms with van der Waals surface area (Å²) in [6.07, 6.45) is -3.08. The van der Waals surface area contributed by atoms with E-state index in [4.69, 9.17) is 5.11 Å². The van der Waals surface area contributed by atoms with Crippen LogP contribution in [-0.2, 0) is 0 Å². The highest BCUT2D eigenvalue weighted by atomic mass is 16.4. The second-order valence-electron chi connectivity index (χ2n) is 3.54. The standard InChI is InChI=1S/C7H13NO4/c9-1-2-3-4(8-3)6(11)7(12)5(2)10/h2-12H,1H2/t2-,3+,4-,5-,6+,7-/m0/s1. The molecule has 5 heteroatoms. The summed E-state index contributed by atoms with van der Waals surface area (Å²) < 4.78 is 0. The Kier molecular flexibility index (Phi) is 1.85. The van der Waals surface area contributed by atoms with Crippen molar-refractivity contribution in [2.75, 3.05) is 6.61 Å². The van der Waals surface area contributed by atoms with Crippen LogP contribution in [-0.4, -0.2) is 57.4 Å². The molecule has 0 bridgehead atoms. The fourth-order valence-electron chi connectivity index (χ4n) is 1.97. The Morgan fingerprint density at radius 2 is 1.58 bits per heavy atom. The van der Waals surface area contributed by atoms with Crippen LogP contribution in [0.15, 0.2) is 0 Å². The molecule has 1 saturated carbocycles. The van der Waals surface area contributed by atoms with Gasteiger partial charge in [-0.2, -0.15) is 0 Å². The lowest BCUT2D eigenvalue weighted by molar-refractivity contribution is -0.105. The van der Waals surface area contributed by atoms with Gasteiger partial charge in [-0.15, -0.1) is 0 Å². The van der Waals surface area contributed by atoms with Gasteiger partial charge in [0.2, 0.25) is 0 Å². The van der Waals surface area contributed by atoms with E-state index >= 15 is 0 Å². The zero-order chi connectivity index (χ0) is 8.88. The fourth-order valence-corrected chi connectivity index (χ4v) is 1.97. The highest BCUT2D eigenvalue weighted by molar-refractivity contribution is 5.15. The number of rotatable bonds is 1. The molecule has 0 aromatic carbocycles. The summed E-state index contributed by atoms with van der Waals surface area (Å²) in [7, 11) is 0. The zero-order valence-corrected chi connectivity index (χ0v) is 6.46. The lowest BCUT2D eigenvalue weighted by atomic mass is 9.83. The Morgan fingerprint density at radius 3 is 2.17 bits per heavy atom. The minimum absolute atomic E-state index is 0.0385. The minimum atomic E-state index is -1.14. The summed E-state index contributed by atoms with van der Waals surface area (Å²) in [5.41, 5.74) is 0. The SMILES string of the molecule is OC[C@@H]1[C@H](O)[C@H](O)[C@H](O)[C@H]2N[C@H]12. The Balaban J connectivity index is 2.11. The molecule has 0 unspecified atom stereocenters. The van der Waals surface area contributed by atoms with Gasteiger partial charge in [0.1, 0.15) is 6.10 Å². The molecule has 6 atom stereocenters. The molecule has 0 aromatic heterocycles.